The molecule has 5 heteroatoms. The van der Waals surface area contributed by atoms with E-state index in [1.165, 1.54) is 24.3 Å². The minimum atomic E-state index is -0.367. The lowest BCUT2D eigenvalue weighted by molar-refractivity contribution is 0.0943. The van der Waals surface area contributed by atoms with Gasteiger partial charge >= 0.3 is 0 Å². The van der Waals surface area contributed by atoms with Crippen LogP contribution in [0.5, 0.6) is 0 Å². The minimum absolute atomic E-state index is 0.254. The lowest BCUT2D eigenvalue weighted by atomic mass is 10.0. The van der Waals surface area contributed by atoms with Crippen LogP contribution in [0.15, 0.2) is 65.4 Å². The van der Waals surface area contributed by atoms with Crippen LogP contribution in [0.25, 0.3) is 0 Å². The predicted molar refractivity (Wildman–Crippen MR) is 91.5 cm³/mol. The first kappa shape index (κ1) is 15.7. The summed E-state index contributed by atoms with van der Waals surface area (Å²) in [6, 6.07) is 14.5. The second-order valence-corrected chi connectivity index (χ2v) is 6.24. The van der Waals surface area contributed by atoms with Crippen molar-refractivity contribution in [2.75, 3.05) is 0 Å². The monoisotopic (exact) mass is 345 g/mol. The van der Waals surface area contributed by atoms with Gasteiger partial charge in [0.25, 0.3) is 5.91 Å². The van der Waals surface area contributed by atoms with Crippen molar-refractivity contribution in [3.8, 4) is 0 Å². The molecule has 23 heavy (non-hydrogen) atoms. The van der Waals surface area contributed by atoms with Gasteiger partial charge in [-0.15, -0.1) is 0 Å². The first-order valence-corrected chi connectivity index (χ1v) is 8.29. The molecule has 0 spiro atoms. The molecule has 0 bridgehead atoms. The lowest BCUT2D eigenvalue weighted by Gasteiger charge is -2.18. The molecule has 0 aliphatic carbocycles. The van der Waals surface area contributed by atoms with Crippen molar-refractivity contribution in [3.05, 3.63) is 92.9 Å². The third kappa shape index (κ3) is 3.78. The highest BCUT2D eigenvalue weighted by atomic mass is 35.5. The third-order valence-electron chi connectivity index (χ3n) is 3.46. The Balaban J connectivity index is 1.88. The van der Waals surface area contributed by atoms with Gasteiger partial charge in [0.1, 0.15) is 5.82 Å². The summed E-state index contributed by atoms with van der Waals surface area (Å²) in [6.45, 7) is 0. The Bertz CT molecular complexity index is 785. The van der Waals surface area contributed by atoms with Gasteiger partial charge < -0.3 is 5.32 Å². The van der Waals surface area contributed by atoms with Crippen molar-refractivity contribution in [1.29, 1.82) is 0 Å². The largest absolute Gasteiger partial charge is 0.341 e. The van der Waals surface area contributed by atoms with E-state index in [9.17, 15) is 9.18 Å². The average molecular weight is 346 g/mol. The van der Waals surface area contributed by atoms with Crippen LogP contribution in [-0.4, -0.2) is 5.91 Å². The van der Waals surface area contributed by atoms with Crippen LogP contribution in [0.3, 0.4) is 0 Å². The molecule has 0 unspecified atom stereocenters. The van der Waals surface area contributed by atoms with Crippen molar-refractivity contribution in [3.63, 3.8) is 0 Å². The highest BCUT2D eigenvalue weighted by molar-refractivity contribution is 7.08. The maximum atomic E-state index is 13.0. The number of hydrogen-bond donors (Lipinski definition) is 1. The van der Waals surface area contributed by atoms with Crippen molar-refractivity contribution < 1.29 is 9.18 Å². The summed E-state index contributed by atoms with van der Waals surface area (Å²) >= 11 is 7.50. The fraction of sp³-hybridized carbons (Fsp3) is 0.0556. The van der Waals surface area contributed by atoms with Crippen LogP contribution in [-0.2, 0) is 0 Å². The Hall–Kier alpha value is -2.17. The summed E-state index contributed by atoms with van der Waals surface area (Å²) < 4.78 is 13.0. The molecule has 3 aromatic rings. The third-order valence-corrected chi connectivity index (χ3v) is 4.42. The maximum absolute atomic E-state index is 13.0. The van der Waals surface area contributed by atoms with E-state index in [1.54, 1.807) is 23.5 Å². The van der Waals surface area contributed by atoms with Gasteiger partial charge in [-0.05, 0) is 64.4 Å². The number of rotatable bonds is 4. The summed E-state index contributed by atoms with van der Waals surface area (Å²) in [6.07, 6.45) is 0. The number of hydrogen-bond acceptors (Lipinski definition) is 2. The summed E-state index contributed by atoms with van der Waals surface area (Å²) in [7, 11) is 0. The number of thiophene rings is 1. The van der Waals surface area contributed by atoms with Gasteiger partial charge in [0.15, 0.2) is 0 Å². The van der Waals surface area contributed by atoms with E-state index in [-0.39, 0.29) is 17.8 Å². The Morgan fingerprint density at radius 1 is 1.00 bits per heavy atom. The normalized spacial score (nSPS) is 11.9. The zero-order valence-corrected chi connectivity index (χ0v) is 13.6. The fourth-order valence-electron chi connectivity index (χ4n) is 2.27. The van der Waals surface area contributed by atoms with Crippen LogP contribution in [0.4, 0.5) is 4.39 Å². The quantitative estimate of drug-likeness (QED) is 0.703. The molecule has 2 aromatic carbocycles. The molecule has 0 saturated carbocycles. The molecule has 0 radical (unpaired) electrons. The standard InChI is InChI=1S/C18H13ClFNOS/c19-15-5-1-12(2-6-15)17(14-9-10-23-11-14)21-18(22)13-3-7-16(20)8-4-13/h1-11,17H,(H,21,22)/t17-/m1/s1. The molecule has 0 aliphatic rings. The fourth-order valence-corrected chi connectivity index (χ4v) is 3.08. The number of halogens is 2. The molecule has 1 heterocycles. The minimum Gasteiger partial charge on any atom is -0.341 e. The first-order valence-electron chi connectivity index (χ1n) is 6.97. The lowest BCUT2D eigenvalue weighted by Crippen LogP contribution is -2.29. The average Bonchev–Trinajstić information content (AvgIpc) is 3.08. The van der Waals surface area contributed by atoms with Crippen molar-refractivity contribution >= 4 is 28.8 Å². The molecule has 0 aliphatic heterocycles. The number of carbonyl (C=O) groups is 1. The van der Waals surface area contributed by atoms with Gasteiger partial charge in [0, 0.05) is 10.6 Å². The molecule has 0 fully saturated rings. The molecular formula is C18H13ClFNOS. The van der Waals surface area contributed by atoms with E-state index < -0.39 is 0 Å². The van der Waals surface area contributed by atoms with Crippen LogP contribution in [0, 0.1) is 5.82 Å². The van der Waals surface area contributed by atoms with Gasteiger partial charge in [-0.25, -0.2) is 4.39 Å². The van der Waals surface area contributed by atoms with E-state index in [4.69, 9.17) is 11.6 Å². The second kappa shape index (κ2) is 6.94. The van der Waals surface area contributed by atoms with Crippen LogP contribution >= 0.6 is 22.9 Å². The smallest absolute Gasteiger partial charge is 0.252 e. The Labute approximate surface area is 142 Å². The molecule has 116 valence electrons. The number of carbonyl (C=O) groups excluding carboxylic acids is 1. The van der Waals surface area contributed by atoms with E-state index >= 15 is 0 Å². The molecule has 1 atom stereocenters. The molecule has 0 saturated heterocycles. The summed E-state index contributed by atoms with van der Waals surface area (Å²) in [5, 5.41) is 7.59. The van der Waals surface area contributed by atoms with Crippen molar-refractivity contribution in [1.82, 2.24) is 5.32 Å². The van der Waals surface area contributed by atoms with Crippen LogP contribution < -0.4 is 5.32 Å². The van der Waals surface area contributed by atoms with Crippen LogP contribution in [0.1, 0.15) is 27.5 Å². The second-order valence-electron chi connectivity index (χ2n) is 5.02. The Morgan fingerprint density at radius 3 is 2.30 bits per heavy atom. The topological polar surface area (TPSA) is 29.1 Å². The van der Waals surface area contributed by atoms with Crippen molar-refractivity contribution in [2.45, 2.75) is 6.04 Å². The van der Waals surface area contributed by atoms with Crippen LogP contribution in [0.2, 0.25) is 5.02 Å². The number of benzene rings is 2. The molecular weight excluding hydrogens is 333 g/mol. The maximum Gasteiger partial charge on any atom is 0.252 e. The zero-order valence-electron chi connectivity index (χ0n) is 12.0. The molecule has 3 rings (SSSR count). The van der Waals surface area contributed by atoms with Gasteiger partial charge in [-0.1, -0.05) is 23.7 Å². The first-order chi connectivity index (χ1) is 11.1. The molecule has 1 aromatic heterocycles. The van der Waals surface area contributed by atoms with E-state index in [0.717, 1.165) is 11.1 Å². The Kier molecular flexibility index (Phi) is 4.74. The number of amides is 1. The number of nitrogens with one attached hydrogen (secondary N) is 1. The molecule has 1 N–H and O–H groups in total. The summed E-state index contributed by atoms with van der Waals surface area (Å²) in [5.41, 5.74) is 2.34. The van der Waals surface area contributed by atoms with E-state index in [2.05, 4.69) is 5.32 Å². The van der Waals surface area contributed by atoms with Gasteiger partial charge in [0.05, 0.1) is 6.04 Å². The molecule has 1 amide bonds. The van der Waals surface area contributed by atoms with Crippen molar-refractivity contribution in [2.24, 2.45) is 0 Å². The highest BCUT2D eigenvalue weighted by Gasteiger charge is 2.18. The van der Waals surface area contributed by atoms with Gasteiger partial charge in [0.2, 0.25) is 0 Å². The van der Waals surface area contributed by atoms with Gasteiger partial charge in [-0.3, -0.25) is 4.79 Å². The molecule has 2 nitrogen and oxygen atoms in total. The summed E-state index contributed by atoms with van der Waals surface area (Å²) in [5.74, 6) is -0.621. The predicted octanol–water partition coefficient (Wildman–Crippen LogP) is 5.06. The van der Waals surface area contributed by atoms with E-state index in [0.29, 0.717) is 10.6 Å². The summed E-state index contributed by atoms with van der Waals surface area (Å²) in [4.78, 5) is 12.4. The zero-order chi connectivity index (χ0) is 16.2. The SMILES string of the molecule is O=C(N[C@H](c1ccc(Cl)cc1)c1ccsc1)c1ccc(F)cc1. The Morgan fingerprint density at radius 2 is 1.70 bits per heavy atom. The van der Waals surface area contributed by atoms with Gasteiger partial charge in [-0.2, -0.15) is 11.3 Å². The highest BCUT2D eigenvalue weighted by Crippen LogP contribution is 2.25. The van der Waals surface area contributed by atoms with E-state index in [1.807, 2.05) is 29.0 Å².